The highest BCUT2D eigenvalue weighted by molar-refractivity contribution is 9.09. The van der Waals surface area contributed by atoms with E-state index in [-0.39, 0.29) is 10.9 Å². The van der Waals surface area contributed by atoms with E-state index in [1.54, 1.807) is 20.8 Å². The molecule has 82 valence electrons. The Bertz CT molecular complexity index is 238. The van der Waals surface area contributed by atoms with Gasteiger partial charge in [-0.05, 0) is 27.7 Å². The van der Waals surface area contributed by atoms with Gasteiger partial charge in [-0.1, -0.05) is 22.5 Å². The third-order valence-electron chi connectivity index (χ3n) is 1.56. The molecular formula is C10H17BrO3. The van der Waals surface area contributed by atoms with E-state index in [4.69, 9.17) is 4.74 Å². The van der Waals surface area contributed by atoms with Crippen LogP contribution in [0.2, 0.25) is 0 Å². The van der Waals surface area contributed by atoms with Crippen molar-refractivity contribution in [3.05, 3.63) is 12.2 Å². The van der Waals surface area contributed by atoms with Gasteiger partial charge in [-0.3, -0.25) is 0 Å². The lowest BCUT2D eigenvalue weighted by Gasteiger charge is -2.26. The highest BCUT2D eigenvalue weighted by atomic mass is 79.9. The lowest BCUT2D eigenvalue weighted by molar-refractivity contribution is -0.151. The Morgan fingerprint density at radius 3 is 2.14 bits per heavy atom. The molecule has 0 amide bonds. The van der Waals surface area contributed by atoms with Gasteiger partial charge in [0.15, 0.2) is 0 Å². The number of ether oxygens (including phenoxy) is 1. The van der Waals surface area contributed by atoms with Crippen LogP contribution in [0.3, 0.4) is 0 Å². The molecule has 1 atom stereocenters. The summed E-state index contributed by atoms with van der Waals surface area (Å²) < 4.78 is 5.07. The molecule has 0 bridgehead atoms. The van der Waals surface area contributed by atoms with Crippen molar-refractivity contribution in [2.45, 2.75) is 38.9 Å². The van der Waals surface area contributed by atoms with Crippen LogP contribution < -0.4 is 0 Å². The number of alkyl halides is 1. The zero-order valence-corrected chi connectivity index (χ0v) is 10.6. The Morgan fingerprint density at radius 1 is 1.43 bits per heavy atom. The average Bonchev–Trinajstić information content (AvgIpc) is 2.00. The van der Waals surface area contributed by atoms with Gasteiger partial charge in [0.1, 0.15) is 11.2 Å². The van der Waals surface area contributed by atoms with Gasteiger partial charge in [0.25, 0.3) is 0 Å². The van der Waals surface area contributed by atoms with Gasteiger partial charge >= 0.3 is 5.97 Å². The summed E-state index contributed by atoms with van der Waals surface area (Å²) in [7, 11) is 0. The minimum Gasteiger partial charge on any atom is -0.457 e. The Kier molecular flexibility index (Phi) is 4.34. The fourth-order valence-corrected chi connectivity index (χ4v) is 0.979. The van der Waals surface area contributed by atoms with Gasteiger partial charge in [-0.15, -0.1) is 0 Å². The Morgan fingerprint density at radius 2 is 1.86 bits per heavy atom. The smallest absolute Gasteiger partial charge is 0.336 e. The number of esters is 1. The largest absolute Gasteiger partial charge is 0.457 e. The number of hydrogen-bond donors (Lipinski definition) is 1. The number of halogens is 1. The number of rotatable bonds is 3. The minimum absolute atomic E-state index is 0.0595. The zero-order chi connectivity index (χ0) is 11.6. The molecule has 0 fully saturated rings. The lowest BCUT2D eigenvalue weighted by Crippen LogP contribution is -2.36. The molecule has 0 aromatic carbocycles. The molecule has 0 heterocycles. The van der Waals surface area contributed by atoms with E-state index in [0.717, 1.165) is 0 Å². The van der Waals surface area contributed by atoms with Crippen LogP contribution >= 0.6 is 15.9 Å². The van der Waals surface area contributed by atoms with Gasteiger partial charge in [0, 0.05) is 5.33 Å². The molecule has 0 radical (unpaired) electrons. The Hall–Kier alpha value is -0.350. The molecule has 0 aliphatic carbocycles. The number of carbonyl (C=O) groups excluding carboxylic acids is 1. The fourth-order valence-electron chi connectivity index (χ4n) is 0.640. The van der Waals surface area contributed by atoms with E-state index in [2.05, 4.69) is 22.5 Å². The monoisotopic (exact) mass is 264 g/mol. The maximum atomic E-state index is 11.5. The second-order valence-electron chi connectivity index (χ2n) is 4.39. The SMILES string of the molecule is C=C(C(=O)OC(C)(C)C)C(C)(O)CBr. The van der Waals surface area contributed by atoms with Crippen LogP contribution in [0.25, 0.3) is 0 Å². The highest BCUT2D eigenvalue weighted by Crippen LogP contribution is 2.21. The van der Waals surface area contributed by atoms with Crippen LogP contribution in [0.1, 0.15) is 27.7 Å². The number of carbonyl (C=O) groups is 1. The first kappa shape index (κ1) is 13.7. The lowest BCUT2D eigenvalue weighted by atomic mass is 10.00. The van der Waals surface area contributed by atoms with Crippen molar-refractivity contribution in [1.29, 1.82) is 0 Å². The standard InChI is InChI=1S/C10H17BrO3/c1-7(10(5,13)6-11)8(12)14-9(2,3)4/h13H,1,6H2,2-5H3. The third kappa shape index (κ3) is 4.24. The van der Waals surface area contributed by atoms with Crippen LogP contribution in [-0.2, 0) is 9.53 Å². The summed E-state index contributed by atoms with van der Waals surface area (Å²) in [4.78, 5) is 11.5. The molecule has 3 nitrogen and oxygen atoms in total. The van der Waals surface area contributed by atoms with Crippen molar-refractivity contribution < 1.29 is 14.6 Å². The summed E-state index contributed by atoms with van der Waals surface area (Å²) in [6, 6.07) is 0. The molecule has 0 saturated heterocycles. The molecule has 0 aromatic rings. The fraction of sp³-hybridized carbons (Fsp3) is 0.700. The third-order valence-corrected chi connectivity index (χ3v) is 2.65. The number of hydrogen-bond acceptors (Lipinski definition) is 3. The predicted molar refractivity (Wildman–Crippen MR) is 59.4 cm³/mol. The summed E-state index contributed by atoms with van der Waals surface area (Å²) in [6.45, 7) is 10.3. The molecule has 0 aliphatic rings. The van der Waals surface area contributed by atoms with Gasteiger partial charge in [-0.25, -0.2) is 4.79 Å². The molecule has 0 aromatic heterocycles. The predicted octanol–water partition coefficient (Wildman–Crippen LogP) is 2.03. The van der Waals surface area contributed by atoms with Crippen LogP contribution in [0.4, 0.5) is 0 Å². The normalized spacial score (nSPS) is 15.9. The van der Waals surface area contributed by atoms with Crippen LogP contribution in [0, 0.1) is 0 Å². The molecule has 0 aliphatic heterocycles. The minimum atomic E-state index is -1.26. The first-order valence-corrected chi connectivity index (χ1v) is 5.43. The summed E-state index contributed by atoms with van der Waals surface area (Å²) >= 11 is 3.10. The quantitative estimate of drug-likeness (QED) is 0.482. The molecule has 0 saturated carbocycles. The average molecular weight is 265 g/mol. The van der Waals surface area contributed by atoms with Gasteiger partial charge < -0.3 is 9.84 Å². The molecule has 14 heavy (non-hydrogen) atoms. The Balaban J connectivity index is 4.50. The van der Waals surface area contributed by atoms with Crippen molar-refractivity contribution in [2.75, 3.05) is 5.33 Å². The van der Waals surface area contributed by atoms with E-state index in [0.29, 0.717) is 0 Å². The second kappa shape index (κ2) is 4.45. The van der Waals surface area contributed by atoms with Crippen molar-refractivity contribution in [3.63, 3.8) is 0 Å². The zero-order valence-electron chi connectivity index (χ0n) is 9.06. The summed E-state index contributed by atoms with van der Waals surface area (Å²) in [5.41, 5.74) is -1.77. The molecule has 1 N–H and O–H groups in total. The second-order valence-corrected chi connectivity index (χ2v) is 4.95. The Labute approximate surface area is 93.3 Å². The maximum Gasteiger partial charge on any atom is 0.336 e. The van der Waals surface area contributed by atoms with E-state index in [1.807, 2.05) is 0 Å². The topological polar surface area (TPSA) is 46.5 Å². The summed E-state index contributed by atoms with van der Waals surface area (Å²) in [6.07, 6.45) is 0. The molecule has 0 rings (SSSR count). The van der Waals surface area contributed by atoms with Crippen molar-refractivity contribution in [1.82, 2.24) is 0 Å². The van der Waals surface area contributed by atoms with Crippen LogP contribution in [0.15, 0.2) is 12.2 Å². The van der Waals surface area contributed by atoms with E-state index >= 15 is 0 Å². The van der Waals surface area contributed by atoms with Crippen molar-refractivity contribution in [2.24, 2.45) is 0 Å². The van der Waals surface area contributed by atoms with Gasteiger partial charge in [0.2, 0.25) is 0 Å². The van der Waals surface area contributed by atoms with Crippen LogP contribution in [-0.4, -0.2) is 27.6 Å². The summed E-state index contributed by atoms with van der Waals surface area (Å²) in [5, 5.41) is 9.96. The van der Waals surface area contributed by atoms with Crippen molar-refractivity contribution >= 4 is 21.9 Å². The molecule has 1 unspecified atom stereocenters. The van der Waals surface area contributed by atoms with E-state index in [9.17, 15) is 9.90 Å². The van der Waals surface area contributed by atoms with E-state index in [1.165, 1.54) is 6.92 Å². The van der Waals surface area contributed by atoms with Gasteiger partial charge in [-0.2, -0.15) is 0 Å². The van der Waals surface area contributed by atoms with Crippen LogP contribution in [0.5, 0.6) is 0 Å². The highest BCUT2D eigenvalue weighted by Gasteiger charge is 2.31. The first-order chi connectivity index (χ1) is 6.10. The molecular weight excluding hydrogens is 248 g/mol. The van der Waals surface area contributed by atoms with Gasteiger partial charge in [0.05, 0.1) is 5.57 Å². The number of aliphatic hydroxyl groups is 1. The first-order valence-electron chi connectivity index (χ1n) is 4.31. The van der Waals surface area contributed by atoms with E-state index < -0.39 is 17.2 Å². The maximum absolute atomic E-state index is 11.5. The summed E-state index contributed by atoms with van der Waals surface area (Å²) in [5.74, 6) is -0.568. The molecule has 0 spiro atoms. The molecule has 4 heteroatoms. The van der Waals surface area contributed by atoms with Crippen molar-refractivity contribution in [3.8, 4) is 0 Å².